The number of fused-ring (bicyclic) bond motifs is 1. The van der Waals surface area contributed by atoms with Crippen LogP contribution in [0.4, 0.5) is 5.82 Å². The molecule has 0 bridgehead atoms. The fourth-order valence-electron chi connectivity index (χ4n) is 3.09. The minimum atomic E-state index is -0.881. The summed E-state index contributed by atoms with van der Waals surface area (Å²) in [6.45, 7) is 2.04. The number of hydrogen-bond donors (Lipinski definition) is 3. The number of carboxylic acid groups (broad SMARTS) is 1. The number of H-pyrrole nitrogens is 1. The van der Waals surface area contributed by atoms with E-state index < -0.39 is 5.97 Å². The molecule has 1 aromatic heterocycles. The van der Waals surface area contributed by atoms with Crippen LogP contribution in [0.2, 0.25) is 0 Å². The summed E-state index contributed by atoms with van der Waals surface area (Å²) < 4.78 is 0. The quantitative estimate of drug-likeness (QED) is 0.727. The second kappa shape index (κ2) is 6.50. The molecule has 0 radical (unpaired) electrons. The molecule has 0 spiro atoms. The van der Waals surface area contributed by atoms with E-state index in [9.17, 15) is 9.90 Å². The van der Waals surface area contributed by atoms with Crippen LogP contribution in [0, 0.1) is 0 Å². The SMILES string of the molecule is CCCC1=C(C(=O)O)C(c2ccccc2SC)c2cn[nH]c2N1. The van der Waals surface area contributed by atoms with Gasteiger partial charge in [0.05, 0.1) is 11.8 Å². The summed E-state index contributed by atoms with van der Waals surface area (Å²) in [6, 6.07) is 7.96. The average molecular weight is 329 g/mol. The van der Waals surface area contributed by atoms with E-state index in [1.54, 1.807) is 18.0 Å². The molecule has 120 valence electrons. The van der Waals surface area contributed by atoms with Crippen molar-refractivity contribution in [3.8, 4) is 0 Å². The van der Waals surface area contributed by atoms with Gasteiger partial charge >= 0.3 is 5.97 Å². The first-order valence-electron chi connectivity index (χ1n) is 7.56. The second-order valence-electron chi connectivity index (χ2n) is 5.45. The standard InChI is InChI=1S/C17H19N3O2S/c1-3-6-12-15(17(21)22)14(11-9-18-20-16(11)19-12)10-7-4-5-8-13(10)23-2/h4-5,7-9,14H,3,6H2,1-2H3,(H,21,22)(H2,18,19,20). The molecule has 23 heavy (non-hydrogen) atoms. The van der Waals surface area contributed by atoms with Crippen molar-refractivity contribution in [1.82, 2.24) is 10.2 Å². The highest BCUT2D eigenvalue weighted by molar-refractivity contribution is 7.98. The van der Waals surface area contributed by atoms with E-state index in [1.165, 1.54) is 0 Å². The Hall–Kier alpha value is -2.21. The Morgan fingerprint density at radius 3 is 2.83 bits per heavy atom. The summed E-state index contributed by atoms with van der Waals surface area (Å²) in [6.07, 6.45) is 5.29. The number of nitrogens with zero attached hydrogens (tertiary/aromatic N) is 1. The number of allylic oxidation sites excluding steroid dienone is 1. The van der Waals surface area contributed by atoms with E-state index in [2.05, 4.69) is 15.5 Å². The molecule has 1 aromatic carbocycles. The van der Waals surface area contributed by atoms with Crippen LogP contribution in [0.3, 0.4) is 0 Å². The Balaban J connectivity index is 2.23. The van der Waals surface area contributed by atoms with Gasteiger partial charge < -0.3 is 10.4 Å². The number of aromatic amines is 1. The lowest BCUT2D eigenvalue weighted by Crippen LogP contribution is -2.23. The number of nitrogens with one attached hydrogen (secondary N) is 2. The number of rotatable bonds is 5. The predicted molar refractivity (Wildman–Crippen MR) is 91.8 cm³/mol. The fraction of sp³-hybridized carbons (Fsp3) is 0.294. The molecule has 3 N–H and O–H groups in total. The van der Waals surface area contributed by atoms with Crippen molar-refractivity contribution in [2.24, 2.45) is 0 Å². The molecular weight excluding hydrogens is 310 g/mol. The van der Waals surface area contributed by atoms with E-state index in [0.29, 0.717) is 12.0 Å². The van der Waals surface area contributed by atoms with Gasteiger partial charge in [-0.15, -0.1) is 11.8 Å². The van der Waals surface area contributed by atoms with Crippen LogP contribution in [0.5, 0.6) is 0 Å². The van der Waals surface area contributed by atoms with Gasteiger partial charge in [-0.25, -0.2) is 4.79 Å². The minimum absolute atomic E-state index is 0.312. The highest BCUT2D eigenvalue weighted by Crippen LogP contribution is 2.44. The molecule has 0 aliphatic carbocycles. The Kier molecular flexibility index (Phi) is 4.43. The Labute approximate surface area is 139 Å². The highest BCUT2D eigenvalue weighted by Gasteiger charge is 2.35. The van der Waals surface area contributed by atoms with Gasteiger partial charge in [-0.05, 0) is 24.3 Å². The number of carboxylic acids is 1. The summed E-state index contributed by atoms with van der Waals surface area (Å²) in [7, 11) is 0. The van der Waals surface area contributed by atoms with Crippen LogP contribution in [-0.4, -0.2) is 27.5 Å². The van der Waals surface area contributed by atoms with Crippen molar-refractivity contribution in [3.63, 3.8) is 0 Å². The Morgan fingerprint density at radius 1 is 1.35 bits per heavy atom. The van der Waals surface area contributed by atoms with E-state index in [-0.39, 0.29) is 5.92 Å². The zero-order chi connectivity index (χ0) is 16.4. The van der Waals surface area contributed by atoms with Gasteiger partial charge in [0.1, 0.15) is 5.82 Å². The van der Waals surface area contributed by atoms with Crippen LogP contribution >= 0.6 is 11.8 Å². The number of benzene rings is 1. The minimum Gasteiger partial charge on any atom is -0.478 e. The molecule has 0 saturated carbocycles. The van der Waals surface area contributed by atoms with Crippen molar-refractivity contribution in [2.75, 3.05) is 11.6 Å². The zero-order valence-electron chi connectivity index (χ0n) is 13.1. The van der Waals surface area contributed by atoms with Gasteiger partial charge in [-0.3, -0.25) is 5.10 Å². The smallest absolute Gasteiger partial charge is 0.334 e. The van der Waals surface area contributed by atoms with Gasteiger partial charge in [-0.2, -0.15) is 5.10 Å². The number of aromatic nitrogens is 2. The molecule has 1 atom stereocenters. The lowest BCUT2D eigenvalue weighted by Gasteiger charge is -2.28. The van der Waals surface area contributed by atoms with Crippen LogP contribution in [0.15, 0.2) is 46.6 Å². The normalized spacial score (nSPS) is 16.9. The zero-order valence-corrected chi connectivity index (χ0v) is 13.9. The largest absolute Gasteiger partial charge is 0.478 e. The molecular formula is C17H19N3O2S. The van der Waals surface area contributed by atoms with Crippen molar-refractivity contribution >= 4 is 23.5 Å². The Morgan fingerprint density at radius 2 is 2.13 bits per heavy atom. The monoisotopic (exact) mass is 329 g/mol. The van der Waals surface area contributed by atoms with Crippen LogP contribution in [0.1, 0.15) is 36.8 Å². The number of thioether (sulfide) groups is 1. The summed E-state index contributed by atoms with van der Waals surface area (Å²) in [5.41, 5.74) is 3.07. The molecule has 1 aliphatic heterocycles. The number of aliphatic carboxylic acids is 1. The molecule has 1 unspecified atom stereocenters. The molecule has 6 heteroatoms. The summed E-state index contributed by atoms with van der Waals surface area (Å²) in [4.78, 5) is 13.1. The Bertz CT molecular complexity index is 767. The van der Waals surface area contributed by atoms with Crippen molar-refractivity contribution in [1.29, 1.82) is 0 Å². The maximum Gasteiger partial charge on any atom is 0.334 e. The second-order valence-corrected chi connectivity index (χ2v) is 6.30. The van der Waals surface area contributed by atoms with Gasteiger partial charge in [-0.1, -0.05) is 31.5 Å². The maximum atomic E-state index is 12.0. The van der Waals surface area contributed by atoms with E-state index in [4.69, 9.17) is 0 Å². The maximum absolute atomic E-state index is 12.0. The molecule has 0 saturated heterocycles. The van der Waals surface area contributed by atoms with Crippen LogP contribution < -0.4 is 5.32 Å². The third-order valence-corrected chi connectivity index (χ3v) is 4.86. The van der Waals surface area contributed by atoms with Crippen molar-refractivity contribution < 1.29 is 9.90 Å². The number of carbonyl (C=O) groups is 1. The molecule has 2 aromatic rings. The molecule has 0 fully saturated rings. The molecule has 0 amide bonds. The molecule has 1 aliphatic rings. The summed E-state index contributed by atoms with van der Waals surface area (Å²) in [5.74, 6) is -0.402. The summed E-state index contributed by atoms with van der Waals surface area (Å²) >= 11 is 1.63. The van der Waals surface area contributed by atoms with E-state index in [0.717, 1.165) is 34.0 Å². The molecule has 3 rings (SSSR count). The van der Waals surface area contributed by atoms with Crippen LogP contribution in [0.25, 0.3) is 0 Å². The number of anilines is 1. The lowest BCUT2D eigenvalue weighted by atomic mass is 9.82. The topological polar surface area (TPSA) is 78.0 Å². The van der Waals surface area contributed by atoms with E-state index in [1.807, 2.05) is 37.4 Å². The lowest BCUT2D eigenvalue weighted by molar-refractivity contribution is -0.133. The van der Waals surface area contributed by atoms with E-state index >= 15 is 0 Å². The van der Waals surface area contributed by atoms with Crippen molar-refractivity contribution in [2.45, 2.75) is 30.6 Å². The van der Waals surface area contributed by atoms with Gasteiger partial charge in [0.25, 0.3) is 0 Å². The average Bonchev–Trinajstić information content (AvgIpc) is 3.01. The third-order valence-electron chi connectivity index (χ3n) is 4.05. The summed E-state index contributed by atoms with van der Waals surface area (Å²) in [5, 5.41) is 20.1. The molecule has 2 heterocycles. The van der Waals surface area contributed by atoms with Gasteiger partial charge in [0.2, 0.25) is 0 Å². The first-order chi connectivity index (χ1) is 11.2. The first-order valence-corrected chi connectivity index (χ1v) is 8.79. The van der Waals surface area contributed by atoms with Gasteiger partial charge in [0.15, 0.2) is 0 Å². The third kappa shape index (κ3) is 2.74. The first kappa shape index (κ1) is 15.7. The predicted octanol–water partition coefficient (Wildman–Crippen LogP) is 3.83. The molecule has 5 nitrogen and oxygen atoms in total. The van der Waals surface area contributed by atoms with Crippen molar-refractivity contribution in [3.05, 3.63) is 52.9 Å². The fourth-order valence-corrected chi connectivity index (χ4v) is 3.73. The number of hydrogen-bond acceptors (Lipinski definition) is 4. The van der Waals surface area contributed by atoms with Gasteiger partial charge in [0, 0.05) is 22.1 Å². The highest BCUT2D eigenvalue weighted by atomic mass is 32.2. The van der Waals surface area contributed by atoms with Crippen LogP contribution in [-0.2, 0) is 4.79 Å².